The van der Waals surface area contributed by atoms with Crippen molar-refractivity contribution in [2.24, 2.45) is 0 Å². The quantitative estimate of drug-likeness (QED) is 0.832. The molecule has 1 N–H and O–H groups in total. The number of nitrogens with zero attached hydrogens (tertiary/aromatic N) is 3. The number of carbonyl (C=O) groups excluding carboxylic acids is 1. The van der Waals surface area contributed by atoms with Crippen LogP contribution in [0.1, 0.15) is 16.8 Å². The van der Waals surface area contributed by atoms with Gasteiger partial charge < -0.3 is 15.1 Å². The van der Waals surface area contributed by atoms with Gasteiger partial charge in [-0.1, -0.05) is 0 Å². The number of rotatable bonds is 2. The topological polar surface area (TPSA) is 48.5 Å². The van der Waals surface area contributed by atoms with Crippen LogP contribution in [0.5, 0.6) is 0 Å². The SMILES string of the molecule is CN(C)C(=O)c1ccc(N2CCCNCC2)nc1. The molecule has 1 saturated heterocycles. The molecule has 1 aliphatic rings. The van der Waals surface area contributed by atoms with Crippen molar-refractivity contribution >= 4 is 11.7 Å². The average molecular weight is 248 g/mol. The first-order valence-electron chi connectivity index (χ1n) is 6.32. The minimum atomic E-state index is -0.00779. The maximum absolute atomic E-state index is 11.7. The van der Waals surface area contributed by atoms with Crippen molar-refractivity contribution in [1.82, 2.24) is 15.2 Å². The first-order valence-corrected chi connectivity index (χ1v) is 6.32. The fourth-order valence-electron chi connectivity index (χ4n) is 2.03. The first kappa shape index (κ1) is 12.8. The summed E-state index contributed by atoms with van der Waals surface area (Å²) in [6.45, 7) is 4.03. The van der Waals surface area contributed by atoms with E-state index in [4.69, 9.17) is 0 Å². The van der Waals surface area contributed by atoms with Crippen molar-refractivity contribution in [2.45, 2.75) is 6.42 Å². The molecule has 0 bridgehead atoms. The van der Waals surface area contributed by atoms with Crippen LogP contribution in [0.2, 0.25) is 0 Å². The lowest BCUT2D eigenvalue weighted by Crippen LogP contribution is -2.28. The van der Waals surface area contributed by atoms with E-state index in [1.165, 1.54) is 0 Å². The highest BCUT2D eigenvalue weighted by Crippen LogP contribution is 2.13. The Morgan fingerprint density at radius 2 is 2.17 bits per heavy atom. The van der Waals surface area contributed by atoms with Gasteiger partial charge in [0.25, 0.3) is 5.91 Å². The molecule has 0 radical (unpaired) electrons. The van der Waals surface area contributed by atoms with Crippen LogP contribution in [-0.4, -0.2) is 56.1 Å². The molecule has 0 atom stereocenters. The van der Waals surface area contributed by atoms with Crippen LogP contribution in [0.25, 0.3) is 0 Å². The molecule has 1 aromatic heterocycles. The van der Waals surface area contributed by atoms with Crippen LogP contribution in [0.15, 0.2) is 18.3 Å². The lowest BCUT2D eigenvalue weighted by Gasteiger charge is -2.21. The number of carbonyl (C=O) groups is 1. The summed E-state index contributed by atoms with van der Waals surface area (Å²) in [4.78, 5) is 20.0. The number of nitrogens with one attached hydrogen (secondary N) is 1. The van der Waals surface area contributed by atoms with Crippen molar-refractivity contribution in [2.75, 3.05) is 45.2 Å². The van der Waals surface area contributed by atoms with E-state index < -0.39 is 0 Å². The first-order chi connectivity index (χ1) is 8.68. The molecule has 1 amide bonds. The Morgan fingerprint density at radius 1 is 1.33 bits per heavy atom. The molecule has 2 heterocycles. The van der Waals surface area contributed by atoms with Gasteiger partial charge in [-0.25, -0.2) is 4.98 Å². The predicted molar refractivity (Wildman–Crippen MR) is 72.0 cm³/mol. The number of pyridine rings is 1. The maximum Gasteiger partial charge on any atom is 0.254 e. The standard InChI is InChI=1S/C13H20N4O/c1-16(2)13(18)11-4-5-12(15-10-11)17-8-3-6-14-7-9-17/h4-5,10,14H,3,6-9H2,1-2H3. The van der Waals surface area contributed by atoms with E-state index in [2.05, 4.69) is 15.2 Å². The maximum atomic E-state index is 11.7. The number of hydrogen-bond acceptors (Lipinski definition) is 4. The van der Waals surface area contributed by atoms with Crippen LogP contribution in [0.3, 0.4) is 0 Å². The molecule has 1 fully saturated rings. The summed E-state index contributed by atoms with van der Waals surface area (Å²) in [7, 11) is 3.49. The summed E-state index contributed by atoms with van der Waals surface area (Å²) < 4.78 is 0. The zero-order chi connectivity index (χ0) is 13.0. The van der Waals surface area contributed by atoms with Crippen molar-refractivity contribution in [3.05, 3.63) is 23.9 Å². The minimum Gasteiger partial charge on any atom is -0.355 e. The Bertz CT molecular complexity index is 394. The zero-order valence-corrected chi connectivity index (χ0v) is 11.0. The Morgan fingerprint density at radius 3 is 2.83 bits per heavy atom. The monoisotopic (exact) mass is 248 g/mol. The molecule has 1 aromatic rings. The highest BCUT2D eigenvalue weighted by molar-refractivity contribution is 5.93. The highest BCUT2D eigenvalue weighted by atomic mass is 16.2. The minimum absolute atomic E-state index is 0.00779. The summed E-state index contributed by atoms with van der Waals surface area (Å²) in [5, 5.41) is 3.36. The molecule has 0 saturated carbocycles. The van der Waals surface area contributed by atoms with Gasteiger partial charge in [0.2, 0.25) is 0 Å². The van der Waals surface area contributed by atoms with Crippen molar-refractivity contribution in [3.63, 3.8) is 0 Å². The van der Waals surface area contributed by atoms with Crippen LogP contribution in [0, 0.1) is 0 Å². The third-order valence-corrected chi connectivity index (χ3v) is 3.07. The van der Waals surface area contributed by atoms with Crippen LogP contribution < -0.4 is 10.2 Å². The molecule has 5 heteroatoms. The molecule has 0 aromatic carbocycles. The molecule has 0 spiro atoms. The molecular weight excluding hydrogens is 228 g/mol. The Labute approximate surface area is 108 Å². The summed E-state index contributed by atoms with van der Waals surface area (Å²) in [6, 6.07) is 3.78. The van der Waals surface area contributed by atoms with Gasteiger partial charge in [-0.15, -0.1) is 0 Å². The molecule has 2 rings (SSSR count). The zero-order valence-electron chi connectivity index (χ0n) is 11.0. The van der Waals surface area contributed by atoms with E-state index in [-0.39, 0.29) is 5.91 Å². The van der Waals surface area contributed by atoms with Crippen molar-refractivity contribution in [3.8, 4) is 0 Å². The van der Waals surface area contributed by atoms with Crippen molar-refractivity contribution < 1.29 is 4.79 Å². The summed E-state index contributed by atoms with van der Waals surface area (Å²) in [5.41, 5.74) is 0.636. The number of aromatic nitrogens is 1. The second-order valence-corrected chi connectivity index (χ2v) is 4.70. The van der Waals surface area contributed by atoms with E-state index in [0.717, 1.165) is 38.4 Å². The van der Waals surface area contributed by atoms with Gasteiger partial charge >= 0.3 is 0 Å². The lowest BCUT2D eigenvalue weighted by atomic mass is 10.2. The number of anilines is 1. The largest absolute Gasteiger partial charge is 0.355 e. The molecule has 0 unspecified atom stereocenters. The lowest BCUT2D eigenvalue weighted by molar-refractivity contribution is 0.0827. The predicted octanol–water partition coefficient (Wildman–Crippen LogP) is 0.583. The van der Waals surface area contributed by atoms with Crippen LogP contribution in [0.4, 0.5) is 5.82 Å². The normalized spacial score (nSPS) is 16.2. The van der Waals surface area contributed by atoms with Gasteiger partial charge in [0.05, 0.1) is 5.56 Å². The number of hydrogen-bond donors (Lipinski definition) is 1. The van der Waals surface area contributed by atoms with Crippen LogP contribution in [-0.2, 0) is 0 Å². The molecule has 98 valence electrons. The summed E-state index contributed by atoms with van der Waals surface area (Å²) in [6.07, 6.45) is 2.79. The molecule has 1 aliphatic heterocycles. The van der Waals surface area contributed by atoms with E-state index in [1.807, 2.05) is 12.1 Å². The van der Waals surface area contributed by atoms with Gasteiger partial charge in [-0.05, 0) is 25.1 Å². The molecule has 0 aliphatic carbocycles. The van der Waals surface area contributed by atoms with Crippen LogP contribution >= 0.6 is 0 Å². The second kappa shape index (κ2) is 5.82. The van der Waals surface area contributed by atoms with E-state index in [1.54, 1.807) is 25.2 Å². The van der Waals surface area contributed by atoms with Gasteiger partial charge in [-0.3, -0.25) is 4.79 Å². The third kappa shape index (κ3) is 2.98. The Hall–Kier alpha value is -1.62. The molecule has 5 nitrogen and oxygen atoms in total. The fourth-order valence-corrected chi connectivity index (χ4v) is 2.03. The Balaban J connectivity index is 2.09. The summed E-state index contributed by atoms with van der Waals surface area (Å²) in [5.74, 6) is 0.945. The highest BCUT2D eigenvalue weighted by Gasteiger charge is 2.12. The molecular formula is C13H20N4O. The second-order valence-electron chi connectivity index (χ2n) is 4.70. The van der Waals surface area contributed by atoms with Gasteiger partial charge in [0.1, 0.15) is 5.82 Å². The molecule has 18 heavy (non-hydrogen) atoms. The van der Waals surface area contributed by atoms with Crippen molar-refractivity contribution in [1.29, 1.82) is 0 Å². The third-order valence-electron chi connectivity index (χ3n) is 3.07. The van der Waals surface area contributed by atoms with E-state index >= 15 is 0 Å². The van der Waals surface area contributed by atoms with E-state index in [9.17, 15) is 4.79 Å². The Kier molecular flexibility index (Phi) is 4.15. The van der Waals surface area contributed by atoms with Gasteiger partial charge in [0, 0.05) is 39.9 Å². The summed E-state index contributed by atoms with van der Waals surface area (Å²) >= 11 is 0. The van der Waals surface area contributed by atoms with Gasteiger partial charge in [-0.2, -0.15) is 0 Å². The smallest absolute Gasteiger partial charge is 0.254 e. The van der Waals surface area contributed by atoms with Gasteiger partial charge in [0.15, 0.2) is 0 Å². The van der Waals surface area contributed by atoms with E-state index in [0.29, 0.717) is 5.56 Å². The number of amides is 1. The fraction of sp³-hybridized carbons (Fsp3) is 0.538. The average Bonchev–Trinajstić information content (AvgIpc) is 2.67.